The zero-order chi connectivity index (χ0) is 22.2. The van der Waals surface area contributed by atoms with Gasteiger partial charge in [0.1, 0.15) is 11.5 Å². The molecular weight excluding hydrogens is 410 g/mol. The molecule has 32 heavy (non-hydrogen) atoms. The first-order chi connectivity index (χ1) is 15.5. The van der Waals surface area contributed by atoms with E-state index in [2.05, 4.69) is 15.0 Å². The maximum absolute atomic E-state index is 13.5. The highest BCUT2D eigenvalue weighted by molar-refractivity contribution is 5.97. The van der Waals surface area contributed by atoms with Crippen LogP contribution < -0.4 is 10.5 Å². The van der Waals surface area contributed by atoms with Gasteiger partial charge in [-0.2, -0.15) is 0 Å². The first-order valence-corrected chi connectivity index (χ1v) is 10.7. The van der Waals surface area contributed by atoms with Gasteiger partial charge in [0.25, 0.3) is 5.91 Å². The predicted octanol–water partition coefficient (Wildman–Crippen LogP) is 2.64. The van der Waals surface area contributed by atoms with E-state index in [0.717, 1.165) is 22.1 Å². The van der Waals surface area contributed by atoms with E-state index in [9.17, 15) is 4.79 Å². The van der Waals surface area contributed by atoms with Crippen LogP contribution in [-0.2, 0) is 22.7 Å². The number of rotatable bonds is 4. The molecule has 0 unspecified atom stereocenters. The lowest BCUT2D eigenvalue weighted by molar-refractivity contribution is -0.00311. The minimum Gasteiger partial charge on any atom is -0.475 e. The van der Waals surface area contributed by atoms with Crippen molar-refractivity contribution in [3.05, 3.63) is 53.0 Å². The van der Waals surface area contributed by atoms with Crippen LogP contribution in [0, 0.1) is 0 Å². The molecule has 1 saturated heterocycles. The molecule has 0 aliphatic carbocycles. The molecule has 9 nitrogen and oxygen atoms in total. The van der Waals surface area contributed by atoms with Crippen molar-refractivity contribution in [3.63, 3.8) is 0 Å². The van der Waals surface area contributed by atoms with Crippen molar-refractivity contribution in [1.82, 2.24) is 19.9 Å². The van der Waals surface area contributed by atoms with Crippen molar-refractivity contribution in [1.29, 1.82) is 0 Å². The Balaban J connectivity index is 1.45. The number of hydrogen-bond donors (Lipinski definition) is 1. The molecule has 0 radical (unpaired) electrons. The van der Waals surface area contributed by atoms with Crippen LogP contribution in [0.1, 0.15) is 47.1 Å². The number of carbonyl (C=O) groups is 1. The summed E-state index contributed by atoms with van der Waals surface area (Å²) in [6, 6.07) is 5.28. The van der Waals surface area contributed by atoms with Crippen LogP contribution in [0.25, 0.3) is 10.9 Å². The molecule has 166 valence electrons. The van der Waals surface area contributed by atoms with Crippen molar-refractivity contribution in [2.75, 3.05) is 25.5 Å². The van der Waals surface area contributed by atoms with Crippen LogP contribution in [0.4, 0.5) is 5.82 Å². The highest BCUT2D eigenvalue weighted by atomic mass is 16.5. The Morgan fingerprint density at radius 1 is 1.19 bits per heavy atom. The Hall–Kier alpha value is -3.30. The summed E-state index contributed by atoms with van der Waals surface area (Å²) in [7, 11) is 0. The first-order valence-electron chi connectivity index (χ1n) is 10.7. The Bertz CT molecular complexity index is 1170. The molecule has 2 aliphatic rings. The number of nitrogens with two attached hydrogens (primary N) is 1. The fourth-order valence-corrected chi connectivity index (χ4v) is 4.16. The van der Waals surface area contributed by atoms with Crippen LogP contribution in [0.2, 0.25) is 0 Å². The second kappa shape index (κ2) is 8.33. The van der Waals surface area contributed by atoms with Gasteiger partial charge in [0, 0.05) is 29.8 Å². The number of pyridine rings is 3. The van der Waals surface area contributed by atoms with Gasteiger partial charge in [0.05, 0.1) is 50.3 Å². The Kier molecular flexibility index (Phi) is 5.36. The maximum Gasteiger partial charge on any atom is 0.273 e. The van der Waals surface area contributed by atoms with Gasteiger partial charge in [0.2, 0.25) is 5.88 Å². The molecule has 3 aromatic rings. The highest BCUT2D eigenvalue weighted by Gasteiger charge is 2.31. The molecule has 0 spiro atoms. The Labute approximate surface area is 185 Å². The van der Waals surface area contributed by atoms with Gasteiger partial charge in [-0.3, -0.25) is 4.79 Å². The van der Waals surface area contributed by atoms with E-state index >= 15 is 0 Å². The highest BCUT2D eigenvalue weighted by Crippen LogP contribution is 2.32. The van der Waals surface area contributed by atoms with Gasteiger partial charge in [0.15, 0.2) is 0 Å². The summed E-state index contributed by atoms with van der Waals surface area (Å²) in [4.78, 5) is 28.5. The lowest BCUT2D eigenvalue weighted by Gasteiger charge is -2.35. The molecule has 5 rings (SSSR count). The predicted molar refractivity (Wildman–Crippen MR) is 117 cm³/mol. The average Bonchev–Trinajstić information content (AvgIpc) is 3.30. The lowest BCUT2D eigenvalue weighted by Crippen LogP contribution is -2.43. The number of ether oxygens (including phenoxy) is 3. The van der Waals surface area contributed by atoms with Crippen LogP contribution in [0.3, 0.4) is 0 Å². The number of morpholine rings is 1. The fourth-order valence-electron chi connectivity index (χ4n) is 4.16. The summed E-state index contributed by atoms with van der Waals surface area (Å²) in [5.41, 5.74) is 9.82. The van der Waals surface area contributed by atoms with Gasteiger partial charge in [-0.15, -0.1) is 0 Å². The normalized spacial score (nSPS) is 18.2. The largest absolute Gasteiger partial charge is 0.475 e. The van der Waals surface area contributed by atoms with Crippen molar-refractivity contribution >= 4 is 22.6 Å². The minimum atomic E-state index is -0.257. The third kappa shape index (κ3) is 3.74. The number of nitrogens with zero attached hydrogens (tertiary/aromatic N) is 4. The molecule has 3 aromatic heterocycles. The average molecular weight is 435 g/mol. The van der Waals surface area contributed by atoms with Gasteiger partial charge >= 0.3 is 0 Å². The monoisotopic (exact) mass is 435 g/mol. The van der Waals surface area contributed by atoms with E-state index in [1.165, 1.54) is 0 Å². The molecular formula is C23H25N5O4. The summed E-state index contributed by atoms with van der Waals surface area (Å²) < 4.78 is 16.9. The van der Waals surface area contributed by atoms with Crippen LogP contribution in [0.15, 0.2) is 30.6 Å². The molecule has 2 aliphatic heterocycles. The standard InChI is InChI=1S/C23H25N5O4/c1-13(2)32-21-4-3-14(8-26-21)20-12-30-6-5-28(20)23(29)18-7-15-16-10-31-11-17(16)22(24)27-19(15)9-25-18/h3-4,7-9,13,20H,5-6,10-12H2,1-2H3,(H2,24,27)/t20-/m0/s1. The lowest BCUT2D eigenvalue weighted by atomic mass is 10.0. The van der Waals surface area contributed by atoms with Gasteiger partial charge in [-0.1, -0.05) is 0 Å². The zero-order valence-corrected chi connectivity index (χ0v) is 18.1. The number of nitrogen functional groups attached to an aromatic ring is 1. The minimum absolute atomic E-state index is 0.0418. The second-order valence-corrected chi connectivity index (χ2v) is 8.22. The molecule has 1 amide bonds. The molecule has 1 atom stereocenters. The van der Waals surface area contributed by atoms with E-state index in [1.54, 1.807) is 23.4 Å². The summed E-state index contributed by atoms with van der Waals surface area (Å²) in [6.07, 6.45) is 3.38. The number of anilines is 1. The summed E-state index contributed by atoms with van der Waals surface area (Å²) >= 11 is 0. The topological polar surface area (TPSA) is 113 Å². The Morgan fingerprint density at radius 2 is 2.03 bits per heavy atom. The molecule has 2 N–H and O–H groups in total. The van der Waals surface area contributed by atoms with Crippen molar-refractivity contribution in [3.8, 4) is 5.88 Å². The number of aromatic nitrogens is 3. The number of carbonyl (C=O) groups excluding carboxylic acids is 1. The molecule has 1 fully saturated rings. The van der Waals surface area contributed by atoms with E-state index in [4.69, 9.17) is 19.9 Å². The summed E-state index contributed by atoms with van der Waals surface area (Å²) in [5.74, 6) is 0.848. The quantitative estimate of drug-likeness (QED) is 0.666. The van der Waals surface area contributed by atoms with Gasteiger partial charge < -0.3 is 24.8 Å². The zero-order valence-electron chi connectivity index (χ0n) is 18.1. The van der Waals surface area contributed by atoms with Gasteiger partial charge in [-0.25, -0.2) is 15.0 Å². The van der Waals surface area contributed by atoms with Crippen molar-refractivity contribution in [2.24, 2.45) is 0 Å². The fraction of sp³-hybridized carbons (Fsp3) is 0.391. The van der Waals surface area contributed by atoms with E-state index < -0.39 is 0 Å². The smallest absolute Gasteiger partial charge is 0.273 e. The SMILES string of the molecule is CC(C)Oc1ccc([C@@H]2COCCN2C(=O)c2cc3c4c(c(N)nc3cn2)COC4)cn1. The van der Waals surface area contributed by atoms with Crippen LogP contribution >= 0.6 is 0 Å². The maximum atomic E-state index is 13.5. The molecule has 9 heteroatoms. The van der Waals surface area contributed by atoms with Crippen LogP contribution in [0.5, 0.6) is 5.88 Å². The molecule has 5 heterocycles. The van der Waals surface area contributed by atoms with E-state index in [0.29, 0.717) is 55.9 Å². The van der Waals surface area contributed by atoms with E-state index in [-0.39, 0.29) is 18.1 Å². The molecule has 0 saturated carbocycles. The number of hydrogen-bond acceptors (Lipinski definition) is 8. The molecule has 0 bridgehead atoms. The first kappa shape index (κ1) is 20.6. The number of fused-ring (bicyclic) bond motifs is 3. The van der Waals surface area contributed by atoms with E-state index in [1.807, 2.05) is 26.0 Å². The number of amides is 1. The van der Waals surface area contributed by atoms with Gasteiger partial charge in [-0.05, 0) is 37.1 Å². The third-order valence-corrected chi connectivity index (χ3v) is 5.72. The van der Waals surface area contributed by atoms with Crippen molar-refractivity contribution < 1.29 is 19.0 Å². The molecule has 0 aromatic carbocycles. The summed E-state index contributed by atoms with van der Waals surface area (Å²) in [5, 5.41) is 0.853. The summed E-state index contributed by atoms with van der Waals surface area (Å²) in [6.45, 7) is 6.12. The van der Waals surface area contributed by atoms with Crippen LogP contribution in [-0.4, -0.2) is 51.6 Å². The van der Waals surface area contributed by atoms with Crippen molar-refractivity contribution in [2.45, 2.75) is 39.2 Å². The third-order valence-electron chi connectivity index (χ3n) is 5.72. The Morgan fingerprint density at radius 3 is 2.81 bits per heavy atom. The second-order valence-electron chi connectivity index (χ2n) is 8.22.